The fourth-order valence-corrected chi connectivity index (χ4v) is 2.72. The van der Waals surface area contributed by atoms with Crippen LogP contribution in [0.15, 0.2) is 0 Å². The number of ether oxygens (including phenoxy) is 2. The van der Waals surface area contributed by atoms with Gasteiger partial charge in [0, 0.05) is 12.8 Å². The molecule has 0 aromatic heterocycles. The van der Waals surface area contributed by atoms with Crippen molar-refractivity contribution in [1.29, 1.82) is 0 Å². The van der Waals surface area contributed by atoms with Crippen molar-refractivity contribution in [2.24, 2.45) is 5.41 Å². The number of carbonyl (C=O) groups is 3. The highest BCUT2D eigenvalue weighted by molar-refractivity contribution is 6.10. The molecule has 0 spiro atoms. The summed E-state index contributed by atoms with van der Waals surface area (Å²) in [4.78, 5) is 34.5. The van der Waals surface area contributed by atoms with Crippen molar-refractivity contribution in [3.63, 3.8) is 0 Å². The Morgan fingerprint density at radius 2 is 2.18 bits per heavy atom. The van der Waals surface area contributed by atoms with Crippen LogP contribution in [0, 0.1) is 5.41 Å². The summed E-state index contributed by atoms with van der Waals surface area (Å²) >= 11 is 0. The fraction of sp³-hybridized carbons (Fsp3) is 0.750. The maximum atomic E-state index is 11.7. The van der Waals surface area contributed by atoms with Crippen LogP contribution in [0.25, 0.3) is 0 Å². The van der Waals surface area contributed by atoms with Gasteiger partial charge in [-0.25, -0.2) is 0 Å². The fourth-order valence-electron chi connectivity index (χ4n) is 2.72. The van der Waals surface area contributed by atoms with E-state index in [-0.39, 0.29) is 18.2 Å². The Hall–Kier alpha value is -1.39. The van der Waals surface area contributed by atoms with E-state index in [4.69, 9.17) is 9.47 Å². The van der Waals surface area contributed by atoms with Crippen LogP contribution in [-0.4, -0.2) is 29.9 Å². The zero-order valence-corrected chi connectivity index (χ0v) is 10.1. The number of rotatable bonds is 4. The molecule has 2 atom stereocenters. The van der Waals surface area contributed by atoms with E-state index >= 15 is 0 Å². The summed E-state index contributed by atoms with van der Waals surface area (Å²) < 4.78 is 10.0. The molecule has 0 amide bonds. The summed E-state index contributed by atoms with van der Waals surface area (Å²) in [6.45, 7) is 3.70. The summed E-state index contributed by atoms with van der Waals surface area (Å²) in [5.41, 5.74) is -1.78. The lowest BCUT2D eigenvalue weighted by atomic mass is 9.68. The molecule has 94 valence electrons. The van der Waals surface area contributed by atoms with Gasteiger partial charge in [-0.1, -0.05) is 0 Å². The van der Waals surface area contributed by atoms with Gasteiger partial charge < -0.3 is 9.47 Å². The second-order valence-electron chi connectivity index (χ2n) is 4.74. The van der Waals surface area contributed by atoms with Gasteiger partial charge in [-0.05, 0) is 26.7 Å². The van der Waals surface area contributed by atoms with E-state index in [0.717, 1.165) is 0 Å². The van der Waals surface area contributed by atoms with E-state index in [1.165, 1.54) is 0 Å². The Morgan fingerprint density at radius 1 is 1.47 bits per heavy atom. The van der Waals surface area contributed by atoms with E-state index in [1.54, 1.807) is 13.8 Å². The maximum Gasteiger partial charge on any atom is 0.324 e. The van der Waals surface area contributed by atoms with Crippen molar-refractivity contribution in [2.45, 2.75) is 45.1 Å². The van der Waals surface area contributed by atoms with Crippen LogP contribution in [0.5, 0.6) is 0 Å². The van der Waals surface area contributed by atoms with Crippen LogP contribution in [0.3, 0.4) is 0 Å². The molecule has 5 heteroatoms. The first-order valence-corrected chi connectivity index (χ1v) is 5.88. The summed E-state index contributed by atoms with van der Waals surface area (Å²) in [5, 5.41) is 0. The molecule has 1 aliphatic carbocycles. The summed E-state index contributed by atoms with van der Waals surface area (Å²) in [7, 11) is 0. The van der Waals surface area contributed by atoms with Crippen LogP contribution in [0.1, 0.15) is 39.5 Å². The molecule has 0 bridgehead atoms. The molecule has 5 nitrogen and oxygen atoms in total. The highest BCUT2D eigenvalue weighted by Gasteiger charge is 2.72. The molecular weight excluding hydrogens is 224 g/mol. The number of fused-ring (bicyclic) bond motifs is 1. The molecule has 0 aromatic carbocycles. The summed E-state index contributed by atoms with van der Waals surface area (Å²) in [6.07, 6.45) is 1.43. The van der Waals surface area contributed by atoms with Gasteiger partial charge in [-0.2, -0.15) is 0 Å². The summed E-state index contributed by atoms with van der Waals surface area (Å²) in [5.74, 6) is -0.840. The number of hydrogen-bond acceptors (Lipinski definition) is 5. The predicted octanol–water partition coefficient (Wildman–Crippen LogP) is 0.994. The van der Waals surface area contributed by atoms with Crippen molar-refractivity contribution in [3.05, 3.63) is 0 Å². The van der Waals surface area contributed by atoms with Gasteiger partial charge in [0.15, 0.2) is 11.2 Å². The third kappa shape index (κ3) is 1.48. The van der Waals surface area contributed by atoms with Crippen molar-refractivity contribution in [2.75, 3.05) is 6.61 Å². The minimum Gasteiger partial charge on any atom is -0.466 e. The molecule has 0 aromatic rings. The van der Waals surface area contributed by atoms with Gasteiger partial charge >= 0.3 is 11.9 Å². The Balaban J connectivity index is 2.04. The van der Waals surface area contributed by atoms with E-state index in [9.17, 15) is 14.4 Å². The van der Waals surface area contributed by atoms with Gasteiger partial charge in [0.2, 0.25) is 0 Å². The van der Waals surface area contributed by atoms with Crippen LogP contribution in [-0.2, 0) is 23.9 Å². The average Bonchev–Trinajstić information content (AvgIpc) is 2.49. The van der Waals surface area contributed by atoms with Gasteiger partial charge in [0.05, 0.1) is 6.61 Å². The van der Waals surface area contributed by atoms with E-state index < -0.39 is 17.0 Å². The second-order valence-corrected chi connectivity index (χ2v) is 4.74. The predicted molar refractivity (Wildman–Crippen MR) is 57.0 cm³/mol. The number of Topliss-reactive ketones (excluding diaryl/α,β-unsaturated/α-hetero) is 1. The van der Waals surface area contributed by atoms with Crippen LogP contribution >= 0.6 is 0 Å². The molecule has 0 radical (unpaired) electrons. The van der Waals surface area contributed by atoms with Crippen LogP contribution in [0.4, 0.5) is 0 Å². The lowest BCUT2D eigenvalue weighted by Gasteiger charge is -2.49. The SMILES string of the molecule is CCOC(=O)CC[C@@]12CCC(=O)[C@]1(C)C(=O)O2. The highest BCUT2D eigenvalue weighted by Crippen LogP contribution is 2.57. The van der Waals surface area contributed by atoms with Gasteiger partial charge in [0.25, 0.3) is 0 Å². The molecule has 0 N–H and O–H groups in total. The first kappa shape index (κ1) is 12.1. The third-order valence-corrected chi connectivity index (χ3v) is 3.96. The summed E-state index contributed by atoms with van der Waals surface area (Å²) in [6, 6.07) is 0. The quantitative estimate of drug-likeness (QED) is 0.541. The first-order chi connectivity index (χ1) is 7.96. The van der Waals surface area contributed by atoms with Gasteiger partial charge in [-0.15, -0.1) is 0 Å². The zero-order chi connectivity index (χ0) is 12.7. The molecule has 2 fully saturated rings. The number of ketones is 1. The number of esters is 2. The third-order valence-electron chi connectivity index (χ3n) is 3.96. The lowest BCUT2D eigenvalue weighted by molar-refractivity contribution is -0.230. The highest BCUT2D eigenvalue weighted by atomic mass is 16.6. The molecule has 2 rings (SSSR count). The molecule has 0 unspecified atom stereocenters. The molecular formula is C12H16O5. The molecule has 17 heavy (non-hydrogen) atoms. The first-order valence-electron chi connectivity index (χ1n) is 5.88. The molecule has 1 heterocycles. The van der Waals surface area contributed by atoms with E-state index in [1.807, 2.05) is 0 Å². The minimum absolute atomic E-state index is 0.0717. The standard InChI is InChI=1S/C12H16O5/c1-3-16-9(14)5-7-12-6-4-8(13)11(12,2)10(15)17-12/h3-7H2,1-2H3/t11-,12+/m1/s1. The van der Waals surface area contributed by atoms with Gasteiger partial charge in [-0.3, -0.25) is 14.4 Å². The molecule has 1 saturated heterocycles. The Bertz CT molecular complexity index is 388. The van der Waals surface area contributed by atoms with Crippen LogP contribution < -0.4 is 0 Å². The smallest absolute Gasteiger partial charge is 0.324 e. The van der Waals surface area contributed by atoms with Crippen LogP contribution in [0.2, 0.25) is 0 Å². The lowest BCUT2D eigenvalue weighted by Crippen LogP contribution is -2.64. The number of carbonyl (C=O) groups excluding carboxylic acids is 3. The Kier molecular flexibility index (Phi) is 2.72. The van der Waals surface area contributed by atoms with E-state index in [2.05, 4.69) is 0 Å². The van der Waals surface area contributed by atoms with Crippen molar-refractivity contribution in [1.82, 2.24) is 0 Å². The monoisotopic (exact) mass is 240 g/mol. The van der Waals surface area contributed by atoms with Crippen molar-refractivity contribution < 1.29 is 23.9 Å². The largest absolute Gasteiger partial charge is 0.466 e. The van der Waals surface area contributed by atoms with E-state index in [0.29, 0.717) is 25.9 Å². The van der Waals surface area contributed by atoms with Crippen molar-refractivity contribution >= 4 is 17.7 Å². The molecule has 2 aliphatic rings. The Morgan fingerprint density at radius 3 is 2.76 bits per heavy atom. The molecule has 1 aliphatic heterocycles. The van der Waals surface area contributed by atoms with Crippen molar-refractivity contribution in [3.8, 4) is 0 Å². The minimum atomic E-state index is -1.03. The normalized spacial score (nSPS) is 34.9. The van der Waals surface area contributed by atoms with Gasteiger partial charge in [0.1, 0.15) is 5.60 Å². The Labute approximate surface area is 99.5 Å². The molecule has 1 saturated carbocycles. The average molecular weight is 240 g/mol. The second kappa shape index (κ2) is 3.82. The maximum absolute atomic E-state index is 11.7. The zero-order valence-electron chi connectivity index (χ0n) is 10.1. The topological polar surface area (TPSA) is 69.7 Å². The number of hydrogen-bond donors (Lipinski definition) is 0.